The van der Waals surface area contributed by atoms with Crippen LogP contribution in [-0.2, 0) is 17.6 Å². The largest absolute Gasteiger partial charge is 0.457 e. The summed E-state index contributed by atoms with van der Waals surface area (Å²) in [7, 11) is 0. The molecule has 30 heavy (non-hydrogen) atoms. The molecule has 3 aromatic rings. The molecule has 1 amide bonds. The van der Waals surface area contributed by atoms with E-state index in [0.717, 1.165) is 36.1 Å². The SMILES string of the molecule is N#C/C(=C\c1ccc(-c2ccc(F)cc2)o1)C(=O)Nc1sc2c(c1C#N)CCCC2. The van der Waals surface area contributed by atoms with Gasteiger partial charge < -0.3 is 9.73 Å². The number of nitrogens with one attached hydrogen (secondary N) is 1. The third kappa shape index (κ3) is 3.89. The lowest BCUT2D eigenvalue weighted by atomic mass is 9.96. The van der Waals surface area contributed by atoms with E-state index in [1.54, 1.807) is 24.3 Å². The molecule has 0 aliphatic heterocycles. The van der Waals surface area contributed by atoms with Crippen molar-refractivity contribution in [2.45, 2.75) is 25.7 Å². The van der Waals surface area contributed by atoms with Gasteiger partial charge in [0.25, 0.3) is 5.91 Å². The van der Waals surface area contributed by atoms with Crippen molar-refractivity contribution in [2.24, 2.45) is 0 Å². The molecule has 0 atom stereocenters. The van der Waals surface area contributed by atoms with Gasteiger partial charge in [0.15, 0.2) is 0 Å². The summed E-state index contributed by atoms with van der Waals surface area (Å²) in [5.74, 6) is -0.114. The Hall–Kier alpha value is -3.68. The molecule has 0 spiro atoms. The summed E-state index contributed by atoms with van der Waals surface area (Å²) < 4.78 is 18.8. The van der Waals surface area contributed by atoms with E-state index in [2.05, 4.69) is 11.4 Å². The highest BCUT2D eigenvalue weighted by atomic mass is 32.1. The van der Waals surface area contributed by atoms with Crippen LogP contribution in [0.4, 0.5) is 9.39 Å². The zero-order chi connectivity index (χ0) is 21.1. The maximum atomic E-state index is 13.1. The average molecular weight is 417 g/mol. The summed E-state index contributed by atoms with van der Waals surface area (Å²) in [5, 5.41) is 22.2. The molecule has 4 rings (SSSR count). The van der Waals surface area contributed by atoms with E-state index in [-0.39, 0.29) is 11.4 Å². The van der Waals surface area contributed by atoms with Crippen molar-refractivity contribution < 1.29 is 13.6 Å². The Morgan fingerprint density at radius 1 is 1.13 bits per heavy atom. The number of hydrogen-bond acceptors (Lipinski definition) is 5. The molecule has 0 bridgehead atoms. The van der Waals surface area contributed by atoms with Crippen LogP contribution in [0.5, 0.6) is 0 Å². The van der Waals surface area contributed by atoms with E-state index in [9.17, 15) is 19.7 Å². The van der Waals surface area contributed by atoms with Crippen molar-refractivity contribution in [3.8, 4) is 23.5 Å². The van der Waals surface area contributed by atoms with Gasteiger partial charge in [-0.3, -0.25) is 4.79 Å². The lowest BCUT2D eigenvalue weighted by molar-refractivity contribution is -0.112. The first-order valence-corrected chi connectivity index (χ1v) is 10.2. The van der Waals surface area contributed by atoms with Gasteiger partial charge in [0.2, 0.25) is 0 Å². The molecule has 7 heteroatoms. The molecule has 0 unspecified atom stereocenters. The summed E-state index contributed by atoms with van der Waals surface area (Å²) in [4.78, 5) is 13.8. The van der Waals surface area contributed by atoms with Crippen molar-refractivity contribution in [3.63, 3.8) is 0 Å². The van der Waals surface area contributed by atoms with Gasteiger partial charge in [-0.05, 0) is 67.6 Å². The number of furan rings is 1. The van der Waals surface area contributed by atoms with E-state index >= 15 is 0 Å². The smallest absolute Gasteiger partial charge is 0.267 e. The van der Waals surface area contributed by atoms with Gasteiger partial charge in [-0.15, -0.1) is 11.3 Å². The van der Waals surface area contributed by atoms with Crippen LogP contribution < -0.4 is 5.32 Å². The number of halogens is 1. The molecule has 1 aromatic carbocycles. The number of rotatable bonds is 4. The zero-order valence-corrected chi connectivity index (χ0v) is 16.7. The molecule has 148 valence electrons. The second kappa shape index (κ2) is 8.36. The number of fused-ring (bicyclic) bond motifs is 1. The third-order valence-electron chi connectivity index (χ3n) is 4.92. The van der Waals surface area contributed by atoms with Crippen molar-refractivity contribution in [1.82, 2.24) is 0 Å². The summed E-state index contributed by atoms with van der Waals surface area (Å²) in [6.45, 7) is 0. The summed E-state index contributed by atoms with van der Waals surface area (Å²) in [6.07, 6.45) is 5.20. The molecule has 5 nitrogen and oxygen atoms in total. The fourth-order valence-electron chi connectivity index (χ4n) is 3.43. The standard InChI is InChI=1S/C23H16FN3O2S/c24-16-7-5-14(6-8-16)20-10-9-17(29-20)11-15(12-25)22(28)27-23-19(13-26)18-3-1-2-4-21(18)30-23/h5-11H,1-4H2,(H,27,28)/b15-11+. The maximum absolute atomic E-state index is 13.1. The van der Waals surface area contributed by atoms with Crippen molar-refractivity contribution in [2.75, 3.05) is 5.32 Å². The van der Waals surface area contributed by atoms with E-state index in [4.69, 9.17) is 4.42 Å². The van der Waals surface area contributed by atoms with Crippen molar-refractivity contribution in [3.05, 3.63) is 69.6 Å². The first-order valence-electron chi connectivity index (χ1n) is 9.42. The molecule has 0 fully saturated rings. The van der Waals surface area contributed by atoms with Crippen LogP contribution in [0.3, 0.4) is 0 Å². The fourth-order valence-corrected chi connectivity index (χ4v) is 4.67. The molecule has 0 saturated carbocycles. The van der Waals surface area contributed by atoms with Crippen LogP contribution >= 0.6 is 11.3 Å². The van der Waals surface area contributed by atoms with Gasteiger partial charge in [-0.25, -0.2) is 4.39 Å². The number of aryl methyl sites for hydroxylation is 1. The van der Waals surface area contributed by atoms with Gasteiger partial charge in [-0.2, -0.15) is 10.5 Å². The highest BCUT2D eigenvalue weighted by molar-refractivity contribution is 7.16. The molecule has 2 aromatic heterocycles. The fraction of sp³-hybridized carbons (Fsp3) is 0.174. The number of carbonyl (C=O) groups excluding carboxylic acids is 1. The van der Waals surface area contributed by atoms with Crippen molar-refractivity contribution in [1.29, 1.82) is 10.5 Å². The van der Waals surface area contributed by atoms with Crippen molar-refractivity contribution >= 4 is 28.3 Å². The Morgan fingerprint density at radius 2 is 1.90 bits per heavy atom. The third-order valence-corrected chi connectivity index (χ3v) is 6.12. The number of carbonyl (C=O) groups is 1. The number of nitriles is 2. The topological polar surface area (TPSA) is 89.8 Å². The second-order valence-corrected chi connectivity index (χ2v) is 7.96. The quantitative estimate of drug-likeness (QED) is 0.452. The van der Waals surface area contributed by atoms with Gasteiger partial charge in [0.05, 0.1) is 5.56 Å². The summed E-state index contributed by atoms with van der Waals surface area (Å²) in [6, 6.07) is 13.2. The van der Waals surface area contributed by atoms with Gasteiger partial charge in [-0.1, -0.05) is 0 Å². The highest BCUT2D eigenvalue weighted by Gasteiger charge is 2.22. The Bertz CT molecular complexity index is 1220. The predicted molar refractivity (Wildman–Crippen MR) is 112 cm³/mol. The number of benzene rings is 1. The summed E-state index contributed by atoms with van der Waals surface area (Å²) >= 11 is 1.41. The Balaban J connectivity index is 1.56. The first-order chi connectivity index (χ1) is 14.6. The number of amides is 1. The lowest BCUT2D eigenvalue weighted by Gasteiger charge is -2.09. The average Bonchev–Trinajstić information content (AvgIpc) is 3.36. The molecule has 1 aliphatic rings. The van der Waals surface area contributed by atoms with Gasteiger partial charge >= 0.3 is 0 Å². The van der Waals surface area contributed by atoms with E-state index in [1.807, 2.05) is 6.07 Å². The van der Waals surface area contributed by atoms with Crippen LogP contribution in [0.1, 0.15) is 34.6 Å². The van der Waals surface area contributed by atoms with Crippen LogP contribution in [0.15, 0.2) is 46.4 Å². The van der Waals surface area contributed by atoms with Crippen LogP contribution in [0.25, 0.3) is 17.4 Å². The Morgan fingerprint density at radius 3 is 2.63 bits per heavy atom. The molecule has 0 saturated heterocycles. The summed E-state index contributed by atoms with van der Waals surface area (Å²) in [5.41, 5.74) is 2.06. The minimum Gasteiger partial charge on any atom is -0.457 e. The molecular weight excluding hydrogens is 401 g/mol. The molecule has 1 N–H and O–H groups in total. The van der Waals surface area contributed by atoms with Crippen LogP contribution in [0.2, 0.25) is 0 Å². The monoisotopic (exact) mass is 417 g/mol. The lowest BCUT2D eigenvalue weighted by Crippen LogP contribution is -2.13. The number of anilines is 1. The van der Waals surface area contributed by atoms with Crippen LogP contribution in [0, 0.1) is 28.5 Å². The van der Waals surface area contributed by atoms with Crippen LogP contribution in [-0.4, -0.2) is 5.91 Å². The predicted octanol–water partition coefficient (Wildman–Crippen LogP) is 5.44. The molecule has 1 aliphatic carbocycles. The second-order valence-electron chi connectivity index (χ2n) is 6.86. The van der Waals surface area contributed by atoms with Gasteiger partial charge in [0.1, 0.15) is 40.1 Å². The maximum Gasteiger partial charge on any atom is 0.267 e. The van der Waals surface area contributed by atoms with E-state index in [0.29, 0.717) is 27.6 Å². The Labute approximate surface area is 176 Å². The highest BCUT2D eigenvalue weighted by Crippen LogP contribution is 2.37. The molecule has 0 radical (unpaired) electrons. The molecular formula is C23H16FN3O2S. The normalized spacial score (nSPS) is 13.2. The first kappa shape index (κ1) is 19.6. The zero-order valence-electron chi connectivity index (χ0n) is 15.9. The van der Waals surface area contributed by atoms with Gasteiger partial charge in [0, 0.05) is 16.5 Å². The minimum atomic E-state index is -0.590. The van der Waals surface area contributed by atoms with E-state index < -0.39 is 5.91 Å². The Kier molecular flexibility index (Phi) is 5.47. The minimum absolute atomic E-state index is 0.134. The number of hydrogen-bond donors (Lipinski definition) is 1. The van der Waals surface area contributed by atoms with E-state index in [1.165, 1.54) is 29.5 Å². The molecule has 2 heterocycles. The number of nitrogens with zero attached hydrogens (tertiary/aromatic N) is 2. The number of thiophene rings is 1.